The summed E-state index contributed by atoms with van der Waals surface area (Å²) in [5, 5.41) is 4.89. The number of hydrogen-bond donors (Lipinski definition) is 1. The van der Waals surface area contributed by atoms with Gasteiger partial charge in [0.1, 0.15) is 0 Å². The largest absolute Gasteiger partial charge is 0.249 e. The maximum absolute atomic E-state index is 10.8. The molecule has 62 valence electrons. The fourth-order valence-electron chi connectivity index (χ4n) is 0.615. The molecule has 11 heavy (non-hydrogen) atoms. The van der Waals surface area contributed by atoms with Gasteiger partial charge in [0.25, 0.3) is 0 Å². The summed E-state index contributed by atoms with van der Waals surface area (Å²) in [4.78, 5) is 3.85. The summed E-state index contributed by atoms with van der Waals surface area (Å²) in [6, 6.07) is 0. The van der Waals surface area contributed by atoms with Gasteiger partial charge in [0.2, 0.25) is 10.0 Å². The van der Waals surface area contributed by atoms with E-state index >= 15 is 0 Å². The van der Waals surface area contributed by atoms with Crippen molar-refractivity contribution >= 4 is 37.3 Å². The van der Waals surface area contributed by atoms with Crippen LogP contribution in [-0.4, -0.2) is 13.4 Å². The number of thiazole rings is 1. The first-order valence-electron chi connectivity index (χ1n) is 2.57. The molecule has 0 unspecified atom stereocenters. The van der Waals surface area contributed by atoms with Gasteiger partial charge in [-0.15, -0.1) is 0 Å². The Balaban J connectivity index is 3.36. The summed E-state index contributed by atoms with van der Waals surface area (Å²) in [5.74, 6) is 0. The molecule has 0 saturated carbocycles. The van der Waals surface area contributed by atoms with Crippen molar-refractivity contribution in [3.05, 3.63) is 9.61 Å². The van der Waals surface area contributed by atoms with E-state index in [-0.39, 0.29) is 4.21 Å². The average molecular weight is 257 g/mol. The average Bonchev–Trinajstić information content (AvgIpc) is 2.08. The van der Waals surface area contributed by atoms with Crippen molar-refractivity contribution in [2.24, 2.45) is 5.14 Å². The van der Waals surface area contributed by atoms with Crippen molar-refractivity contribution in [2.75, 3.05) is 0 Å². The first-order valence-corrected chi connectivity index (χ1v) is 5.72. The number of primary sulfonamides is 1. The van der Waals surface area contributed by atoms with Crippen LogP contribution in [-0.2, 0) is 10.0 Å². The van der Waals surface area contributed by atoms with Gasteiger partial charge in [0.05, 0.1) is 5.69 Å². The molecule has 2 N–H and O–H groups in total. The zero-order valence-electron chi connectivity index (χ0n) is 5.54. The molecule has 0 bridgehead atoms. The second kappa shape index (κ2) is 2.81. The summed E-state index contributed by atoms with van der Waals surface area (Å²) in [6.07, 6.45) is 0. The monoisotopic (exact) mass is 256 g/mol. The summed E-state index contributed by atoms with van der Waals surface area (Å²) >= 11 is 4.08. The molecule has 0 aliphatic rings. The Hall–Kier alpha value is 0.0200. The van der Waals surface area contributed by atoms with E-state index in [9.17, 15) is 8.42 Å². The normalized spacial score (nSPS) is 11.9. The Morgan fingerprint density at radius 2 is 2.18 bits per heavy atom. The van der Waals surface area contributed by atoms with E-state index in [1.165, 1.54) is 0 Å². The van der Waals surface area contributed by atoms with Gasteiger partial charge in [0, 0.05) is 0 Å². The molecule has 0 aliphatic carbocycles. The lowest BCUT2D eigenvalue weighted by Gasteiger charge is -1.90. The minimum atomic E-state index is -3.59. The topological polar surface area (TPSA) is 73.0 Å². The van der Waals surface area contributed by atoms with E-state index in [2.05, 4.69) is 20.9 Å². The van der Waals surface area contributed by atoms with Crippen molar-refractivity contribution in [1.82, 2.24) is 4.98 Å². The third-order valence-electron chi connectivity index (χ3n) is 0.986. The van der Waals surface area contributed by atoms with Crippen LogP contribution in [0.4, 0.5) is 0 Å². The smallest absolute Gasteiger partial charge is 0.233 e. The third kappa shape index (κ3) is 1.98. The highest BCUT2D eigenvalue weighted by molar-refractivity contribution is 9.11. The van der Waals surface area contributed by atoms with Gasteiger partial charge < -0.3 is 0 Å². The molecule has 1 aromatic heterocycles. The van der Waals surface area contributed by atoms with Crippen molar-refractivity contribution in [2.45, 2.75) is 11.1 Å². The molecule has 0 aliphatic heterocycles. The quantitative estimate of drug-likeness (QED) is 0.810. The van der Waals surface area contributed by atoms with Crippen molar-refractivity contribution in [3.8, 4) is 0 Å². The molecule has 1 heterocycles. The zero-order chi connectivity index (χ0) is 8.65. The number of aryl methyl sites for hydroxylation is 1. The molecule has 0 saturated heterocycles. The first-order chi connectivity index (χ1) is 4.91. The van der Waals surface area contributed by atoms with Gasteiger partial charge >= 0.3 is 0 Å². The zero-order valence-corrected chi connectivity index (χ0v) is 8.75. The van der Waals surface area contributed by atoms with E-state index in [4.69, 9.17) is 5.14 Å². The number of hydrogen-bond acceptors (Lipinski definition) is 4. The minimum Gasteiger partial charge on any atom is -0.233 e. The lowest BCUT2D eigenvalue weighted by atomic mass is 10.6. The molecule has 0 spiro atoms. The van der Waals surface area contributed by atoms with Gasteiger partial charge in [-0.3, -0.25) is 0 Å². The third-order valence-corrected chi connectivity index (χ3v) is 4.15. The van der Waals surface area contributed by atoms with E-state index in [1.54, 1.807) is 6.92 Å². The number of halogens is 1. The molecule has 0 atom stereocenters. The van der Waals surface area contributed by atoms with Crippen LogP contribution in [0.1, 0.15) is 5.69 Å². The second-order valence-electron chi connectivity index (χ2n) is 1.88. The molecule has 0 amide bonds. The summed E-state index contributed by atoms with van der Waals surface area (Å²) in [5.41, 5.74) is 0.435. The molecule has 1 aromatic rings. The SMILES string of the molecule is Cc1nc(Br)sc1S(N)(=O)=O. The van der Waals surface area contributed by atoms with Crippen LogP contribution in [0.2, 0.25) is 0 Å². The first kappa shape index (κ1) is 9.11. The molecule has 0 aromatic carbocycles. The maximum atomic E-state index is 10.8. The number of nitrogens with zero attached hydrogens (tertiary/aromatic N) is 1. The lowest BCUT2D eigenvalue weighted by molar-refractivity contribution is 0.599. The van der Waals surface area contributed by atoms with E-state index in [1.807, 2.05) is 0 Å². The molecular formula is C4H5BrN2O2S2. The standard InChI is InChI=1S/C4H5BrN2O2S2/c1-2-3(11(6,8)9)10-4(5)7-2/h1H3,(H2,6,8,9). The number of sulfonamides is 1. The van der Waals surface area contributed by atoms with Gasteiger partial charge in [0.15, 0.2) is 8.13 Å². The Kier molecular flexibility index (Phi) is 2.33. The van der Waals surface area contributed by atoms with Gasteiger partial charge in [-0.2, -0.15) is 0 Å². The van der Waals surface area contributed by atoms with Gasteiger partial charge in [-0.25, -0.2) is 18.5 Å². The molecular weight excluding hydrogens is 252 g/mol. The molecule has 4 nitrogen and oxygen atoms in total. The maximum Gasteiger partial charge on any atom is 0.249 e. The molecule has 0 radical (unpaired) electrons. The van der Waals surface area contributed by atoms with Crippen LogP contribution in [0.3, 0.4) is 0 Å². The summed E-state index contributed by atoms with van der Waals surface area (Å²) in [7, 11) is -3.59. The van der Waals surface area contributed by atoms with Crippen LogP contribution in [0.15, 0.2) is 8.13 Å². The molecule has 7 heteroatoms. The molecule has 0 fully saturated rings. The van der Waals surface area contributed by atoms with E-state index in [0.29, 0.717) is 9.61 Å². The number of nitrogens with two attached hydrogens (primary N) is 1. The lowest BCUT2D eigenvalue weighted by Crippen LogP contribution is -2.11. The van der Waals surface area contributed by atoms with Crippen LogP contribution in [0.25, 0.3) is 0 Å². The minimum absolute atomic E-state index is 0.115. The fourth-order valence-corrected chi connectivity index (χ4v) is 3.38. The van der Waals surface area contributed by atoms with E-state index in [0.717, 1.165) is 11.3 Å². The highest BCUT2D eigenvalue weighted by Crippen LogP contribution is 2.25. The predicted molar refractivity (Wildman–Crippen MR) is 45.9 cm³/mol. The van der Waals surface area contributed by atoms with E-state index < -0.39 is 10.0 Å². The van der Waals surface area contributed by atoms with Crippen molar-refractivity contribution in [1.29, 1.82) is 0 Å². The Morgan fingerprint density at radius 3 is 2.36 bits per heavy atom. The number of aromatic nitrogens is 1. The summed E-state index contributed by atoms with van der Waals surface area (Å²) in [6.45, 7) is 1.60. The Morgan fingerprint density at radius 1 is 1.64 bits per heavy atom. The van der Waals surface area contributed by atoms with Gasteiger partial charge in [-0.05, 0) is 22.9 Å². The van der Waals surface area contributed by atoms with Crippen LogP contribution in [0.5, 0.6) is 0 Å². The highest BCUT2D eigenvalue weighted by atomic mass is 79.9. The van der Waals surface area contributed by atoms with Crippen LogP contribution < -0.4 is 5.14 Å². The Labute approximate surface area is 76.6 Å². The Bertz CT molecular complexity index is 369. The van der Waals surface area contributed by atoms with Crippen LogP contribution >= 0.6 is 27.3 Å². The van der Waals surface area contributed by atoms with Crippen molar-refractivity contribution < 1.29 is 8.42 Å². The summed E-state index contributed by atoms with van der Waals surface area (Å²) < 4.78 is 22.2. The van der Waals surface area contributed by atoms with Crippen molar-refractivity contribution in [3.63, 3.8) is 0 Å². The predicted octanol–water partition coefficient (Wildman–Crippen LogP) is 0.861. The highest BCUT2D eigenvalue weighted by Gasteiger charge is 2.15. The van der Waals surface area contributed by atoms with Crippen LogP contribution in [0, 0.1) is 6.92 Å². The number of rotatable bonds is 1. The van der Waals surface area contributed by atoms with Gasteiger partial charge in [-0.1, -0.05) is 11.3 Å². The second-order valence-corrected chi connectivity index (χ2v) is 5.92. The molecule has 1 rings (SSSR count). The fraction of sp³-hybridized carbons (Fsp3) is 0.250.